The SMILES string of the molecule is Cc1ccc([C@@H]2[C@H](C(=O)c3cccs3)N3c4ccccc4C=C[C@H]3C23C(=O)c2ccccc2C3=O)cc1. The number of rotatable bonds is 3. The molecule has 2 aliphatic heterocycles. The Kier molecular flexibility index (Phi) is 4.76. The van der Waals surface area contributed by atoms with Crippen molar-refractivity contribution in [3.8, 4) is 0 Å². The number of anilines is 1. The maximum Gasteiger partial charge on any atom is 0.195 e. The van der Waals surface area contributed by atoms with Crippen LogP contribution in [0.1, 0.15) is 53.0 Å². The predicted octanol–water partition coefficient (Wildman–Crippen LogP) is 6.37. The molecular formula is C32H23NO3S. The van der Waals surface area contributed by atoms with E-state index in [0.717, 1.165) is 22.4 Å². The van der Waals surface area contributed by atoms with Crippen molar-refractivity contribution in [3.63, 3.8) is 0 Å². The minimum Gasteiger partial charge on any atom is -0.352 e. The Hall–Kier alpha value is -4.09. The van der Waals surface area contributed by atoms with Gasteiger partial charge in [-0.2, -0.15) is 0 Å². The molecule has 0 amide bonds. The van der Waals surface area contributed by atoms with Crippen LogP contribution in [0.15, 0.2) is 96.4 Å². The number of fused-ring (bicyclic) bond motifs is 5. The average molecular weight is 502 g/mol. The van der Waals surface area contributed by atoms with E-state index in [9.17, 15) is 14.4 Å². The van der Waals surface area contributed by atoms with E-state index in [2.05, 4.69) is 4.90 Å². The summed E-state index contributed by atoms with van der Waals surface area (Å²) in [6.45, 7) is 2.01. The first-order chi connectivity index (χ1) is 18.0. The first-order valence-electron chi connectivity index (χ1n) is 12.4. The molecule has 7 rings (SSSR count). The van der Waals surface area contributed by atoms with Crippen molar-refractivity contribution in [1.29, 1.82) is 0 Å². The van der Waals surface area contributed by atoms with Gasteiger partial charge in [0.2, 0.25) is 0 Å². The van der Waals surface area contributed by atoms with E-state index in [1.807, 2.05) is 85.1 Å². The summed E-state index contributed by atoms with van der Waals surface area (Å²) >= 11 is 1.39. The summed E-state index contributed by atoms with van der Waals surface area (Å²) < 4.78 is 0. The number of aryl methyl sites for hydroxylation is 1. The van der Waals surface area contributed by atoms with Gasteiger partial charge >= 0.3 is 0 Å². The Morgan fingerprint density at radius 3 is 2.19 bits per heavy atom. The molecule has 0 unspecified atom stereocenters. The number of para-hydroxylation sites is 1. The van der Waals surface area contributed by atoms with E-state index in [0.29, 0.717) is 16.0 Å². The van der Waals surface area contributed by atoms with Crippen LogP contribution in [0, 0.1) is 12.3 Å². The van der Waals surface area contributed by atoms with Crippen LogP contribution in [0.4, 0.5) is 5.69 Å². The Labute approximate surface area is 218 Å². The van der Waals surface area contributed by atoms with Gasteiger partial charge < -0.3 is 4.90 Å². The van der Waals surface area contributed by atoms with E-state index < -0.39 is 23.4 Å². The molecule has 1 spiro atoms. The molecule has 5 heteroatoms. The number of benzene rings is 3. The lowest BCUT2D eigenvalue weighted by molar-refractivity contribution is 0.0666. The van der Waals surface area contributed by atoms with Crippen molar-refractivity contribution in [2.45, 2.75) is 24.9 Å². The fourth-order valence-corrected chi connectivity index (χ4v) is 7.33. The summed E-state index contributed by atoms with van der Waals surface area (Å²) in [5.74, 6) is -1.11. The predicted molar refractivity (Wildman–Crippen MR) is 146 cm³/mol. The van der Waals surface area contributed by atoms with Crippen LogP contribution in [0.2, 0.25) is 0 Å². The molecule has 3 aliphatic rings. The smallest absolute Gasteiger partial charge is 0.195 e. The fraction of sp³-hybridized carbons (Fsp3) is 0.156. The maximum atomic E-state index is 14.5. The highest BCUT2D eigenvalue weighted by Crippen LogP contribution is 2.61. The van der Waals surface area contributed by atoms with E-state index in [4.69, 9.17) is 0 Å². The molecule has 3 atom stereocenters. The highest BCUT2D eigenvalue weighted by atomic mass is 32.1. The van der Waals surface area contributed by atoms with E-state index in [-0.39, 0.29) is 17.3 Å². The van der Waals surface area contributed by atoms with Crippen LogP contribution < -0.4 is 4.90 Å². The van der Waals surface area contributed by atoms with Crippen LogP contribution in [0.3, 0.4) is 0 Å². The molecule has 4 nitrogen and oxygen atoms in total. The first-order valence-corrected chi connectivity index (χ1v) is 13.3. The first kappa shape index (κ1) is 22.1. The van der Waals surface area contributed by atoms with Crippen molar-refractivity contribution in [2.24, 2.45) is 5.41 Å². The summed E-state index contributed by atoms with van der Waals surface area (Å²) in [4.78, 5) is 46.1. The highest BCUT2D eigenvalue weighted by Gasteiger charge is 2.71. The zero-order valence-electron chi connectivity index (χ0n) is 20.1. The van der Waals surface area contributed by atoms with Gasteiger partial charge in [-0.05, 0) is 35.6 Å². The quantitative estimate of drug-likeness (QED) is 0.242. The second kappa shape index (κ2) is 7.95. The number of nitrogens with zero attached hydrogens (tertiary/aromatic N) is 1. The monoisotopic (exact) mass is 501 g/mol. The van der Waals surface area contributed by atoms with Crippen LogP contribution in [-0.2, 0) is 0 Å². The van der Waals surface area contributed by atoms with Crippen molar-refractivity contribution in [1.82, 2.24) is 0 Å². The summed E-state index contributed by atoms with van der Waals surface area (Å²) in [5, 5.41) is 1.89. The Balaban J connectivity index is 1.56. The molecule has 0 saturated carbocycles. The van der Waals surface area contributed by atoms with Crippen molar-refractivity contribution in [3.05, 3.63) is 129 Å². The third-order valence-electron chi connectivity index (χ3n) is 8.18. The standard InChI is InChI=1S/C32H23NO3S/c1-19-12-14-21(15-13-19)27-28(29(34)25-11-6-18-37-25)33-24-10-5-2-7-20(24)16-17-26(33)32(27)30(35)22-8-3-4-9-23(22)31(32)36/h2-18,26-28H,1H3/t26-,27+,28+/m0/s1. The van der Waals surface area contributed by atoms with Crippen molar-refractivity contribution >= 4 is 40.4 Å². The summed E-state index contributed by atoms with van der Waals surface area (Å²) in [6.07, 6.45) is 3.96. The number of ketones is 3. The van der Waals surface area contributed by atoms with Gasteiger partial charge in [-0.3, -0.25) is 14.4 Å². The zero-order valence-corrected chi connectivity index (χ0v) is 20.9. The third-order valence-corrected chi connectivity index (χ3v) is 9.07. The number of carbonyl (C=O) groups is 3. The molecule has 3 heterocycles. The summed E-state index contributed by atoms with van der Waals surface area (Å²) in [5.41, 5.74) is 3.19. The van der Waals surface area contributed by atoms with Gasteiger partial charge in [0, 0.05) is 22.7 Å². The maximum absolute atomic E-state index is 14.5. The Bertz CT molecular complexity index is 1580. The van der Waals surface area contributed by atoms with E-state index in [1.165, 1.54) is 11.3 Å². The number of hydrogen-bond donors (Lipinski definition) is 0. The number of carbonyl (C=O) groups excluding carboxylic acids is 3. The lowest BCUT2D eigenvalue weighted by Gasteiger charge is -2.37. The molecule has 3 aromatic carbocycles. The minimum absolute atomic E-state index is 0.0656. The molecule has 1 fully saturated rings. The number of hydrogen-bond acceptors (Lipinski definition) is 5. The lowest BCUT2D eigenvalue weighted by atomic mass is 9.64. The van der Waals surface area contributed by atoms with E-state index in [1.54, 1.807) is 24.3 Å². The summed E-state index contributed by atoms with van der Waals surface area (Å²) in [6, 6.07) is 25.3. The van der Waals surface area contributed by atoms with Gasteiger partial charge in [0.1, 0.15) is 11.5 Å². The lowest BCUT2D eigenvalue weighted by Crippen LogP contribution is -2.48. The van der Waals surface area contributed by atoms with Gasteiger partial charge in [-0.1, -0.05) is 90.5 Å². The molecular weight excluding hydrogens is 478 g/mol. The topological polar surface area (TPSA) is 54.5 Å². The van der Waals surface area contributed by atoms with Crippen LogP contribution in [0.25, 0.3) is 6.08 Å². The molecule has 0 radical (unpaired) electrons. The van der Waals surface area contributed by atoms with Crippen molar-refractivity contribution in [2.75, 3.05) is 4.90 Å². The average Bonchev–Trinajstić information content (AvgIpc) is 3.63. The Morgan fingerprint density at radius 1 is 0.838 bits per heavy atom. The molecule has 37 heavy (non-hydrogen) atoms. The normalized spacial score (nSPS) is 22.7. The summed E-state index contributed by atoms with van der Waals surface area (Å²) in [7, 11) is 0. The minimum atomic E-state index is -1.44. The highest BCUT2D eigenvalue weighted by molar-refractivity contribution is 7.12. The van der Waals surface area contributed by atoms with Crippen molar-refractivity contribution < 1.29 is 14.4 Å². The van der Waals surface area contributed by atoms with E-state index >= 15 is 0 Å². The fourth-order valence-electron chi connectivity index (χ4n) is 6.63. The third kappa shape index (κ3) is 2.86. The molecule has 180 valence electrons. The van der Waals surface area contributed by atoms with Crippen LogP contribution in [-0.4, -0.2) is 29.4 Å². The molecule has 0 bridgehead atoms. The zero-order chi connectivity index (χ0) is 25.3. The van der Waals surface area contributed by atoms with Crippen LogP contribution >= 0.6 is 11.3 Å². The number of Topliss-reactive ketones (excluding diaryl/α,β-unsaturated/α-hetero) is 3. The molecule has 1 aromatic heterocycles. The second-order valence-electron chi connectivity index (χ2n) is 10.0. The second-order valence-corrected chi connectivity index (χ2v) is 11.0. The number of thiophene rings is 1. The van der Waals surface area contributed by atoms with Gasteiger partial charge in [0.15, 0.2) is 17.3 Å². The van der Waals surface area contributed by atoms with Gasteiger partial charge in [-0.15, -0.1) is 11.3 Å². The Morgan fingerprint density at radius 2 is 1.51 bits per heavy atom. The van der Waals surface area contributed by atoms with Crippen LogP contribution in [0.5, 0.6) is 0 Å². The largest absolute Gasteiger partial charge is 0.352 e. The van der Waals surface area contributed by atoms with Gasteiger partial charge in [0.05, 0.1) is 10.9 Å². The molecule has 1 saturated heterocycles. The molecule has 1 aliphatic carbocycles. The molecule has 0 N–H and O–H groups in total. The molecule has 4 aromatic rings. The van der Waals surface area contributed by atoms with Gasteiger partial charge in [0.25, 0.3) is 0 Å². The van der Waals surface area contributed by atoms with Gasteiger partial charge in [-0.25, -0.2) is 0 Å².